The lowest BCUT2D eigenvalue weighted by Crippen LogP contribution is -2.32. The summed E-state index contributed by atoms with van der Waals surface area (Å²) in [6, 6.07) is 3.08. The molecule has 9 heteroatoms. The van der Waals surface area contributed by atoms with Gasteiger partial charge in [0.05, 0.1) is 28.1 Å². The number of aliphatic carboxylic acids is 1. The van der Waals surface area contributed by atoms with Crippen LogP contribution in [0, 0.1) is 11.7 Å². The third-order valence-corrected chi connectivity index (χ3v) is 5.87. The van der Waals surface area contributed by atoms with Gasteiger partial charge >= 0.3 is 5.97 Å². The molecule has 0 fully saturated rings. The molecule has 0 spiro atoms. The third kappa shape index (κ3) is 3.60. The number of ketones is 1. The zero-order valence-electron chi connectivity index (χ0n) is 14.2. The number of hydrogen-bond donors (Lipinski definition) is 3. The Bertz CT molecular complexity index is 937. The molecule has 1 heterocycles. The fourth-order valence-electron chi connectivity index (χ4n) is 3.00. The summed E-state index contributed by atoms with van der Waals surface area (Å²) in [4.78, 5) is 37.1. The summed E-state index contributed by atoms with van der Waals surface area (Å²) in [5.74, 6) is -3.61. The Balaban J connectivity index is 2.11. The molecule has 2 atom stereocenters. The third-order valence-electron chi connectivity index (χ3n) is 4.39. The highest BCUT2D eigenvalue weighted by Crippen LogP contribution is 2.43. The standard InChI is InChI=1S/C18H16ClFN2O4S/c1-7(21)16(24)22-17-13(9-5-8(18(25)26)6-12(9)27-17)15(23)14-10(19)3-2-4-11(14)20/h2-4,7-8H,5-6,21H2,1H3,(H,22,24)(H,25,26). The van der Waals surface area contributed by atoms with Crippen molar-refractivity contribution in [2.45, 2.75) is 25.8 Å². The van der Waals surface area contributed by atoms with Crippen molar-refractivity contribution in [3.05, 3.63) is 50.6 Å². The molecule has 1 amide bonds. The topological polar surface area (TPSA) is 109 Å². The van der Waals surface area contributed by atoms with Crippen LogP contribution in [0.1, 0.15) is 33.3 Å². The second-order valence-electron chi connectivity index (χ2n) is 6.36. The van der Waals surface area contributed by atoms with Crippen LogP contribution in [0.4, 0.5) is 9.39 Å². The largest absolute Gasteiger partial charge is 0.481 e. The van der Waals surface area contributed by atoms with E-state index in [1.54, 1.807) is 0 Å². The summed E-state index contributed by atoms with van der Waals surface area (Å²) in [5.41, 5.74) is 5.85. The van der Waals surface area contributed by atoms with E-state index in [2.05, 4.69) is 5.32 Å². The van der Waals surface area contributed by atoms with Gasteiger partial charge in [0.1, 0.15) is 10.8 Å². The maximum Gasteiger partial charge on any atom is 0.307 e. The van der Waals surface area contributed by atoms with Crippen molar-refractivity contribution in [3.63, 3.8) is 0 Å². The van der Waals surface area contributed by atoms with Crippen LogP contribution in [-0.4, -0.2) is 28.8 Å². The van der Waals surface area contributed by atoms with Crippen molar-refractivity contribution < 1.29 is 23.9 Å². The van der Waals surface area contributed by atoms with Crippen molar-refractivity contribution in [2.24, 2.45) is 11.7 Å². The average Bonchev–Trinajstić information content (AvgIpc) is 3.11. The Morgan fingerprint density at radius 1 is 1.33 bits per heavy atom. The minimum Gasteiger partial charge on any atom is -0.481 e. The molecular formula is C18H16ClFN2O4S. The van der Waals surface area contributed by atoms with Gasteiger partial charge in [0, 0.05) is 4.88 Å². The van der Waals surface area contributed by atoms with Gasteiger partial charge in [-0.05, 0) is 37.5 Å². The molecule has 0 bridgehead atoms. The first-order chi connectivity index (χ1) is 12.7. The zero-order chi connectivity index (χ0) is 19.9. The van der Waals surface area contributed by atoms with Crippen molar-refractivity contribution >= 4 is 45.6 Å². The van der Waals surface area contributed by atoms with E-state index in [-0.39, 0.29) is 34.0 Å². The van der Waals surface area contributed by atoms with Gasteiger partial charge in [-0.2, -0.15) is 0 Å². The van der Waals surface area contributed by atoms with Crippen LogP contribution in [0.15, 0.2) is 18.2 Å². The maximum atomic E-state index is 14.3. The number of hydrogen-bond acceptors (Lipinski definition) is 5. The highest BCUT2D eigenvalue weighted by molar-refractivity contribution is 7.17. The number of anilines is 1. The number of carboxylic acids is 1. The quantitative estimate of drug-likeness (QED) is 0.656. The van der Waals surface area contributed by atoms with E-state index < -0.39 is 35.4 Å². The van der Waals surface area contributed by atoms with E-state index in [1.807, 2.05) is 0 Å². The summed E-state index contributed by atoms with van der Waals surface area (Å²) >= 11 is 7.13. The number of nitrogens with two attached hydrogens (primary N) is 1. The molecule has 4 N–H and O–H groups in total. The first-order valence-corrected chi connectivity index (χ1v) is 9.32. The van der Waals surface area contributed by atoms with Gasteiger partial charge in [-0.1, -0.05) is 17.7 Å². The number of rotatable bonds is 5. The van der Waals surface area contributed by atoms with Crippen molar-refractivity contribution in [2.75, 3.05) is 5.32 Å². The molecule has 0 saturated carbocycles. The summed E-state index contributed by atoms with van der Waals surface area (Å²) in [7, 11) is 0. The predicted octanol–water partition coefficient (Wildman–Crippen LogP) is 2.86. The van der Waals surface area contributed by atoms with Crippen LogP contribution in [0.5, 0.6) is 0 Å². The lowest BCUT2D eigenvalue weighted by atomic mass is 9.98. The van der Waals surface area contributed by atoms with Gasteiger partial charge in [-0.15, -0.1) is 11.3 Å². The number of carbonyl (C=O) groups is 3. The zero-order valence-corrected chi connectivity index (χ0v) is 15.8. The SMILES string of the molecule is CC(N)C(=O)Nc1sc2c(c1C(=O)c1c(F)cccc1Cl)CC(C(=O)O)C2. The first-order valence-electron chi connectivity index (χ1n) is 8.13. The van der Waals surface area contributed by atoms with E-state index >= 15 is 0 Å². The molecule has 1 aliphatic carbocycles. The van der Waals surface area contributed by atoms with E-state index in [0.29, 0.717) is 10.4 Å². The maximum absolute atomic E-state index is 14.3. The second kappa shape index (κ2) is 7.38. The Morgan fingerprint density at radius 2 is 2.04 bits per heavy atom. The molecule has 27 heavy (non-hydrogen) atoms. The molecule has 3 rings (SSSR count). The van der Waals surface area contributed by atoms with E-state index in [9.17, 15) is 23.9 Å². The summed E-state index contributed by atoms with van der Waals surface area (Å²) in [5, 5.41) is 12.0. The second-order valence-corrected chi connectivity index (χ2v) is 7.87. The molecule has 142 valence electrons. The van der Waals surface area contributed by atoms with Crippen LogP contribution in [0.2, 0.25) is 5.02 Å². The molecule has 1 aromatic carbocycles. The van der Waals surface area contributed by atoms with Crippen molar-refractivity contribution in [1.82, 2.24) is 0 Å². The fraction of sp³-hybridized carbons (Fsp3) is 0.278. The number of carboxylic acid groups (broad SMARTS) is 1. The Kier molecular flexibility index (Phi) is 5.32. The summed E-state index contributed by atoms with van der Waals surface area (Å²) in [6.45, 7) is 1.49. The number of benzene rings is 1. The van der Waals surface area contributed by atoms with Gasteiger partial charge in [0.15, 0.2) is 0 Å². The number of halogens is 2. The van der Waals surface area contributed by atoms with Crippen LogP contribution < -0.4 is 11.1 Å². The van der Waals surface area contributed by atoms with Crippen LogP contribution in [0.3, 0.4) is 0 Å². The molecule has 6 nitrogen and oxygen atoms in total. The van der Waals surface area contributed by atoms with Gasteiger partial charge < -0.3 is 16.2 Å². The highest BCUT2D eigenvalue weighted by atomic mass is 35.5. The molecule has 0 radical (unpaired) electrons. The molecule has 2 unspecified atom stereocenters. The van der Waals surface area contributed by atoms with E-state index in [1.165, 1.54) is 19.1 Å². The highest BCUT2D eigenvalue weighted by Gasteiger charge is 2.36. The number of fused-ring (bicyclic) bond motifs is 1. The molecule has 2 aromatic rings. The number of amides is 1. The van der Waals surface area contributed by atoms with Crippen LogP contribution >= 0.6 is 22.9 Å². The summed E-state index contributed by atoms with van der Waals surface area (Å²) < 4.78 is 14.3. The summed E-state index contributed by atoms with van der Waals surface area (Å²) in [6.07, 6.45) is 0.372. The van der Waals surface area contributed by atoms with E-state index in [0.717, 1.165) is 17.4 Å². The first kappa shape index (κ1) is 19.5. The minimum atomic E-state index is -0.970. The van der Waals surface area contributed by atoms with Gasteiger partial charge in [0.2, 0.25) is 11.7 Å². The van der Waals surface area contributed by atoms with Crippen molar-refractivity contribution in [3.8, 4) is 0 Å². The van der Waals surface area contributed by atoms with Gasteiger partial charge in [-0.25, -0.2) is 4.39 Å². The monoisotopic (exact) mass is 410 g/mol. The van der Waals surface area contributed by atoms with Gasteiger partial charge in [0.25, 0.3) is 0 Å². The average molecular weight is 411 g/mol. The number of nitrogens with one attached hydrogen (secondary N) is 1. The van der Waals surface area contributed by atoms with Crippen LogP contribution in [-0.2, 0) is 22.4 Å². The van der Waals surface area contributed by atoms with Crippen molar-refractivity contribution in [1.29, 1.82) is 0 Å². The lowest BCUT2D eigenvalue weighted by molar-refractivity contribution is -0.141. The van der Waals surface area contributed by atoms with E-state index in [4.69, 9.17) is 17.3 Å². The van der Waals surface area contributed by atoms with Crippen LogP contribution in [0.25, 0.3) is 0 Å². The Hall–Kier alpha value is -2.29. The molecule has 1 aromatic heterocycles. The number of thiophene rings is 1. The lowest BCUT2D eigenvalue weighted by Gasteiger charge is -2.11. The molecule has 0 saturated heterocycles. The minimum absolute atomic E-state index is 0.0581. The smallest absolute Gasteiger partial charge is 0.307 e. The van der Waals surface area contributed by atoms with Gasteiger partial charge in [-0.3, -0.25) is 14.4 Å². The molecule has 0 aliphatic heterocycles. The fourth-order valence-corrected chi connectivity index (χ4v) is 4.56. The Morgan fingerprint density at radius 3 is 2.63 bits per heavy atom. The molecule has 1 aliphatic rings. The molecular weight excluding hydrogens is 395 g/mol. The normalized spacial score (nSPS) is 16.7. The predicted molar refractivity (Wildman–Crippen MR) is 100.0 cm³/mol. The Labute approximate surface area is 163 Å². The number of carbonyl (C=O) groups excluding carboxylic acids is 2.